The molecule has 1 aliphatic rings. The number of amides is 2. The Bertz CT molecular complexity index is 2390. The van der Waals surface area contributed by atoms with Gasteiger partial charge in [-0.2, -0.15) is 10.3 Å². The number of allylic oxidation sites excluding steroid dienone is 1. The van der Waals surface area contributed by atoms with Crippen LogP contribution in [0, 0.1) is 24.8 Å². The van der Waals surface area contributed by atoms with Gasteiger partial charge >= 0.3 is 0 Å². The van der Waals surface area contributed by atoms with Gasteiger partial charge in [0.15, 0.2) is 5.82 Å². The summed E-state index contributed by atoms with van der Waals surface area (Å²) in [5.41, 5.74) is 19.2. The van der Waals surface area contributed by atoms with Gasteiger partial charge in [0.05, 0.1) is 32.4 Å². The van der Waals surface area contributed by atoms with E-state index in [1.165, 1.54) is 24.2 Å². The Morgan fingerprint density at radius 2 is 1.53 bits per heavy atom. The highest BCUT2D eigenvalue weighted by molar-refractivity contribution is 6.10. The molecule has 16 nitrogen and oxygen atoms in total. The van der Waals surface area contributed by atoms with Crippen molar-refractivity contribution >= 4 is 41.4 Å². The molecule has 16 heteroatoms. The topological polar surface area (TPSA) is 244 Å². The van der Waals surface area contributed by atoms with Crippen LogP contribution in [-0.2, 0) is 16.0 Å². The Morgan fingerprint density at radius 1 is 0.932 bits per heavy atom. The van der Waals surface area contributed by atoms with Crippen molar-refractivity contribution in [1.29, 1.82) is 5.26 Å². The first kappa shape index (κ1) is 45.1. The average molecular weight is 796 g/mol. The summed E-state index contributed by atoms with van der Waals surface area (Å²) in [5, 5.41) is 7.98. The van der Waals surface area contributed by atoms with Crippen molar-refractivity contribution < 1.29 is 33.4 Å². The summed E-state index contributed by atoms with van der Waals surface area (Å²) in [6.45, 7) is 13.2. The molecule has 0 saturated heterocycles. The minimum absolute atomic E-state index is 0.0332. The molecule has 0 fully saturated rings. The fourth-order valence-electron chi connectivity index (χ4n) is 5.13. The number of aryl methyl sites for hydroxylation is 1. The van der Waals surface area contributed by atoms with E-state index in [1.807, 2.05) is 75.4 Å². The van der Waals surface area contributed by atoms with Gasteiger partial charge in [-0.15, -0.1) is 0 Å². The van der Waals surface area contributed by atoms with Crippen molar-refractivity contribution in [1.82, 2.24) is 9.97 Å². The molecule has 1 aliphatic heterocycles. The second-order valence-electron chi connectivity index (χ2n) is 11.7. The third-order valence-electron chi connectivity index (χ3n) is 7.88. The molecule has 0 radical (unpaired) electrons. The summed E-state index contributed by atoms with van der Waals surface area (Å²) < 4.78 is 15.6. The van der Waals surface area contributed by atoms with Crippen LogP contribution in [0.5, 0.6) is 17.2 Å². The normalized spacial score (nSPS) is 11.0. The van der Waals surface area contributed by atoms with E-state index in [2.05, 4.69) is 19.8 Å². The van der Waals surface area contributed by atoms with E-state index in [-0.39, 0.29) is 29.5 Å². The van der Waals surface area contributed by atoms with Crippen molar-refractivity contribution in [3.63, 3.8) is 0 Å². The number of hydrogen-bond acceptors (Lipinski definition) is 13. The second-order valence-corrected chi connectivity index (χ2v) is 11.7. The highest BCUT2D eigenvalue weighted by Gasteiger charge is 2.35. The third kappa shape index (κ3) is 12.6. The minimum Gasteiger partial charge on any atom is -0.494 e. The molecule has 5 aromatic rings. The van der Waals surface area contributed by atoms with Gasteiger partial charge < -0.3 is 36.3 Å². The number of ether oxygens (including phenoxy) is 3. The van der Waals surface area contributed by atoms with Crippen LogP contribution in [0.15, 0.2) is 114 Å². The lowest BCUT2D eigenvalue weighted by Gasteiger charge is -2.19. The number of hydrogen-bond donors (Lipinski definition) is 3. The van der Waals surface area contributed by atoms with Gasteiger partial charge in [-0.05, 0) is 93.1 Å². The standard InChI is InChI=1S/C22H20N4O3.C9H10O2.C8H7NO2.C4H4N4/c1-3-29-15-10-8-14(9-11-15)21-24-19(20(23)28)16-12-18(27)26(22(16)25-21)17-7-5-4-6-13(17)2;1-2-11-9-5-3-8(7-10)4-6-9;1-11-8-5-3-2-4-7(8)9-6-10;1-8-4(7)3(6)2-5/h4-11H,3,12H2,1-2H3,(H2,23,28);3-7H,2H2,1H3;2-5H,1H3;6-7H2/b;;;4-3+. The molecule has 2 amide bonds. The Balaban J connectivity index is 0.000000253. The molecule has 59 heavy (non-hydrogen) atoms. The number of rotatable bonds is 10. The summed E-state index contributed by atoms with van der Waals surface area (Å²) in [4.78, 5) is 61.7. The number of methoxy groups -OCH3 is 1. The first-order valence-corrected chi connectivity index (χ1v) is 17.7. The smallest absolute Gasteiger partial charge is 0.267 e. The monoisotopic (exact) mass is 795 g/mol. The quantitative estimate of drug-likeness (QED) is 0.0467. The van der Waals surface area contributed by atoms with Gasteiger partial charge in [0.1, 0.15) is 52.5 Å². The second kappa shape index (κ2) is 22.9. The van der Waals surface area contributed by atoms with Gasteiger partial charge in [0.2, 0.25) is 12.0 Å². The molecule has 0 bridgehead atoms. The van der Waals surface area contributed by atoms with Crippen LogP contribution < -0.4 is 36.3 Å². The predicted molar refractivity (Wildman–Crippen MR) is 221 cm³/mol. The number of para-hydroxylation sites is 3. The molecule has 6 rings (SSSR count). The fourth-order valence-corrected chi connectivity index (χ4v) is 5.13. The zero-order chi connectivity index (χ0) is 43.3. The minimum atomic E-state index is -0.685. The van der Waals surface area contributed by atoms with Gasteiger partial charge in [-0.25, -0.2) is 14.8 Å². The molecular weight excluding hydrogens is 755 g/mol. The molecule has 0 unspecified atom stereocenters. The number of anilines is 2. The van der Waals surface area contributed by atoms with E-state index in [0.29, 0.717) is 53.0 Å². The Hall–Kier alpha value is -8.33. The Morgan fingerprint density at radius 3 is 2.03 bits per heavy atom. The van der Waals surface area contributed by atoms with E-state index in [1.54, 1.807) is 42.5 Å². The summed E-state index contributed by atoms with van der Waals surface area (Å²) in [6.07, 6.45) is 2.30. The molecule has 0 spiro atoms. The maximum Gasteiger partial charge on any atom is 0.267 e. The van der Waals surface area contributed by atoms with Crippen LogP contribution in [0.2, 0.25) is 0 Å². The third-order valence-corrected chi connectivity index (χ3v) is 7.88. The number of isocyanates is 1. The van der Waals surface area contributed by atoms with Crippen molar-refractivity contribution in [2.45, 2.75) is 27.2 Å². The largest absolute Gasteiger partial charge is 0.494 e. The summed E-state index contributed by atoms with van der Waals surface area (Å²) in [6, 6.07) is 30.4. The maximum absolute atomic E-state index is 12.8. The van der Waals surface area contributed by atoms with Crippen molar-refractivity contribution in [2.75, 3.05) is 25.2 Å². The van der Waals surface area contributed by atoms with Crippen LogP contribution in [0.3, 0.4) is 0 Å². The lowest BCUT2D eigenvalue weighted by atomic mass is 10.1. The summed E-state index contributed by atoms with van der Waals surface area (Å²) in [5.74, 6) is 1.74. The SMILES string of the molecule is CCOc1ccc(-c2nc(C(N)=O)c3c(n2)N(c2ccccc2C)C(=O)C3)cc1.CCOc1ccc(C=O)cc1.COc1ccccc1N=C=O.[C-]#[N+]/C(N)=C(/N)C#N. The lowest BCUT2D eigenvalue weighted by Crippen LogP contribution is -2.22. The van der Waals surface area contributed by atoms with E-state index in [9.17, 15) is 19.2 Å². The number of primary amides is 1. The van der Waals surface area contributed by atoms with Crippen molar-refractivity contribution in [2.24, 2.45) is 22.2 Å². The molecule has 2 heterocycles. The first-order chi connectivity index (χ1) is 28.5. The van der Waals surface area contributed by atoms with E-state index >= 15 is 0 Å². The van der Waals surface area contributed by atoms with Crippen LogP contribution in [0.1, 0.15) is 45.8 Å². The van der Waals surface area contributed by atoms with Crippen LogP contribution in [0.25, 0.3) is 16.2 Å². The predicted octanol–water partition coefficient (Wildman–Crippen LogP) is 6.25. The number of nitrogens with two attached hydrogens (primary N) is 3. The number of nitrogens with zero attached hydrogens (tertiary/aromatic N) is 6. The number of aldehydes is 1. The molecule has 6 N–H and O–H groups in total. The zero-order valence-corrected chi connectivity index (χ0v) is 32.7. The number of aliphatic imine (C=N–C) groups is 1. The lowest BCUT2D eigenvalue weighted by molar-refractivity contribution is -0.116. The zero-order valence-electron chi connectivity index (χ0n) is 32.7. The summed E-state index contributed by atoms with van der Waals surface area (Å²) >= 11 is 0. The molecule has 300 valence electrons. The van der Waals surface area contributed by atoms with E-state index in [0.717, 1.165) is 29.0 Å². The van der Waals surface area contributed by atoms with E-state index < -0.39 is 5.91 Å². The fraction of sp³-hybridized carbons (Fsp3) is 0.163. The van der Waals surface area contributed by atoms with Crippen LogP contribution >= 0.6 is 0 Å². The average Bonchev–Trinajstić information content (AvgIpc) is 3.59. The number of fused-ring (bicyclic) bond motifs is 1. The molecule has 0 aliphatic carbocycles. The molecular formula is C43H41N9O7. The number of carbonyl (C=O) groups excluding carboxylic acids is 4. The first-order valence-electron chi connectivity index (χ1n) is 17.7. The molecule has 0 saturated carbocycles. The van der Waals surface area contributed by atoms with Gasteiger partial charge in [-0.3, -0.25) is 19.3 Å². The molecule has 4 aromatic carbocycles. The Kier molecular flexibility index (Phi) is 17.5. The highest BCUT2D eigenvalue weighted by Crippen LogP contribution is 2.38. The van der Waals surface area contributed by atoms with E-state index in [4.69, 9.17) is 43.2 Å². The van der Waals surface area contributed by atoms with Crippen molar-refractivity contribution in [3.8, 4) is 34.7 Å². The number of benzene rings is 4. The number of nitriles is 1. The van der Waals surface area contributed by atoms with Crippen LogP contribution in [0.4, 0.5) is 17.2 Å². The van der Waals surface area contributed by atoms with Crippen molar-refractivity contribution in [3.05, 3.63) is 142 Å². The van der Waals surface area contributed by atoms with Crippen LogP contribution in [-0.4, -0.2) is 54.5 Å². The highest BCUT2D eigenvalue weighted by atomic mass is 16.5. The van der Waals surface area contributed by atoms with Gasteiger partial charge in [0.25, 0.3) is 11.7 Å². The molecule has 0 atom stereocenters. The summed E-state index contributed by atoms with van der Waals surface area (Å²) in [7, 11) is 1.53. The number of aromatic nitrogens is 2. The van der Waals surface area contributed by atoms with Gasteiger partial charge in [0, 0.05) is 16.7 Å². The molecule has 1 aromatic heterocycles. The number of carbonyl (C=O) groups is 3. The Labute approximate surface area is 341 Å². The maximum atomic E-state index is 12.8. The van der Waals surface area contributed by atoms with Gasteiger partial charge in [-0.1, -0.05) is 36.9 Å².